The van der Waals surface area contributed by atoms with Crippen molar-refractivity contribution >= 4 is 23.4 Å². The molecule has 4 rings (SSSR count). The van der Waals surface area contributed by atoms with Gasteiger partial charge in [0.05, 0.1) is 11.4 Å². The summed E-state index contributed by atoms with van der Waals surface area (Å²) in [6, 6.07) is 24.4. The molecule has 0 fully saturated rings. The Labute approximate surface area is 190 Å². The number of anilines is 1. The van der Waals surface area contributed by atoms with Crippen molar-refractivity contribution in [2.75, 3.05) is 11.1 Å². The molecule has 0 radical (unpaired) electrons. The molecule has 0 unspecified atom stereocenters. The van der Waals surface area contributed by atoms with Gasteiger partial charge in [0.2, 0.25) is 5.91 Å². The number of halogens is 1. The van der Waals surface area contributed by atoms with Crippen LogP contribution in [0, 0.1) is 5.82 Å². The third-order valence-corrected chi connectivity index (χ3v) is 5.92. The quantitative estimate of drug-likeness (QED) is 0.374. The summed E-state index contributed by atoms with van der Waals surface area (Å²) in [5.41, 5.74) is 3.47. The molecule has 0 aliphatic heterocycles. The first-order valence-electron chi connectivity index (χ1n) is 10.4. The maximum absolute atomic E-state index is 13.8. The number of nitrogens with one attached hydrogen (secondary N) is 1. The van der Waals surface area contributed by atoms with Crippen LogP contribution < -0.4 is 5.32 Å². The smallest absolute Gasteiger partial charge is 0.234 e. The van der Waals surface area contributed by atoms with Crippen LogP contribution in [0.25, 0.3) is 5.69 Å². The number of carbonyl (C=O) groups is 1. The minimum atomic E-state index is -0.463. The van der Waals surface area contributed by atoms with Gasteiger partial charge in [0.15, 0.2) is 5.16 Å². The van der Waals surface area contributed by atoms with E-state index in [0.717, 1.165) is 23.5 Å². The highest BCUT2D eigenvalue weighted by Crippen LogP contribution is 2.24. The Morgan fingerprint density at radius 1 is 0.938 bits per heavy atom. The number of thioether (sulfide) groups is 1. The summed E-state index contributed by atoms with van der Waals surface area (Å²) in [6.07, 6.45) is 1.57. The fourth-order valence-electron chi connectivity index (χ4n) is 3.31. The topological polar surface area (TPSA) is 59.8 Å². The fraction of sp³-hybridized carbons (Fsp3) is 0.160. The predicted octanol–water partition coefficient (Wildman–Crippen LogP) is 5.29. The van der Waals surface area contributed by atoms with Crippen LogP contribution >= 0.6 is 11.8 Å². The second kappa shape index (κ2) is 10.2. The van der Waals surface area contributed by atoms with E-state index in [1.54, 1.807) is 12.1 Å². The molecule has 0 aliphatic rings. The third kappa shape index (κ3) is 5.23. The summed E-state index contributed by atoms with van der Waals surface area (Å²) in [5.74, 6) is 0.110. The average molecular weight is 447 g/mol. The van der Waals surface area contributed by atoms with Gasteiger partial charge < -0.3 is 5.32 Å². The molecule has 1 N–H and O–H groups in total. The van der Waals surface area contributed by atoms with Gasteiger partial charge in [-0.3, -0.25) is 9.36 Å². The minimum absolute atomic E-state index is 0.0881. The second-order valence-corrected chi connectivity index (χ2v) is 8.18. The lowest BCUT2D eigenvalue weighted by atomic mass is 10.1. The Morgan fingerprint density at radius 3 is 2.38 bits per heavy atom. The maximum Gasteiger partial charge on any atom is 0.234 e. The molecular weight excluding hydrogens is 423 g/mol. The number of benzene rings is 3. The highest BCUT2D eigenvalue weighted by atomic mass is 32.2. The van der Waals surface area contributed by atoms with Crippen molar-refractivity contribution in [3.05, 3.63) is 102 Å². The molecule has 0 saturated carbocycles. The van der Waals surface area contributed by atoms with Crippen molar-refractivity contribution in [2.24, 2.45) is 0 Å². The van der Waals surface area contributed by atoms with Gasteiger partial charge in [-0.05, 0) is 41.8 Å². The summed E-state index contributed by atoms with van der Waals surface area (Å²) in [6.45, 7) is 2.12. The minimum Gasteiger partial charge on any atom is -0.323 e. The number of hydrogen-bond donors (Lipinski definition) is 1. The molecule has 7 heteroatoms. The number of amides is 1. The lowest BCUT2D eigenvalue weighted by Gasteiger charge is -2.11. The average Bonchev–Trinajstić information content (AvgIpc) is 3.22. The molecule has 0 saturated heterocycles. The van der Waals surface area contributed by atoms with Crippen molar-refractivity contribution in [2.45, 2.75) is 24.9 Å². The lowest BCUT2D eigenvalue weighted by molar-refractivity contribution is -0.113. The van der Waals surface area contributed by atoms with E-state index in [0.29, 0.717) is 11.6 Å². The van der Waals surface area contributed by atoms with E-state index in [1.807, 2.05) is 47.0 Å². The van der Waals surface area contributed by atoms with Crippen molar-refractivity contribution in [1.29, 1.82) is 0 Å². The molecule has 32 heavy (non-hydrogen) atoms. The normalized spacial score (nSPS) is 10.8. The Kier molecular flexibility index (Phi) is 6.97. The summed E-state index contributed by atoms with van der Waals surface area (Å²) in [5, 5.41) is 12.0. The molecule has 0 bridgehead atoms. The Hall–Kier alpha value is -3.45. The zero-order valence-corrected chi connectivity index (χ0v) is 18.5. The van der Waals surface area contributed by atoms with Crippen molar-refractivity contribution < 1.29 is 9.18 Å². The Balaban J connectivity index is 1.56. The number of hydrogen-bond acceptors (Lipinski definition) is 4. The van der Waals surface area contributed by atoms with Crippen LogP contribution in [0.2, 0.25) is 0 Å². The van der Waals surface area contributed by atoms with Crippen LogP contribution in [0.15, 0.2) is 84.0 Å². The van der Waals surface area contributed by atoms with Gasteiger partial charge in [0.1, 0.15) is 11.6 Å². The molecule has 0 spiro atoms. The lowest BCUT2D eigenvalue weighted by Crippen LogP contribution is -2.15. The molecule has 3 aromatic carbocycles. The Bertz CT molecular complexity index is 1190. The van der Waals surface area contributed by atoms with Crippen molar-refractivity contribution in [1.82, 2.24) is 14.8 Å². The first kappa shape index (κ1) is 21.8. The summed E-state index contributed by atoms with van der Waals surface area (Å²) in [4.78, 5) is 12.4. The zero-order chi connectivity index (χ0) is 22.3. The SMILES string of the molecule is CCc1ccc(-n2c(Cc3ccccc3)nnc2SCC(=O)Nc2ccccc2F)cc1. The summed E-state index contributed by atoms with van der Waals surface area (Å²) in [7, 11) is 0. The largest absolute Gasteiger partial charge is 0.323 e. The van der Waals surface area contributed by atoms with Crippen LogP contribution in [0.3, 0.4) is 0 Å². The molecule has 1 heterocycles. The van der Waals surface area contributed by atoms with E-state index < -0.39 is 5.82 Å². The van der Waals surface area contributed by atoms with E-state index >= 15 is 0 Å². The number of carbonyl (C=O) groups excluding carboxylic acids is 1. The van der Waals surface area contributed by atoms with Crippen LogP contribution in [0.1, 0.15) is 23.9 Å². The standard InChI is InChI=1S/C25H23FN4OS/c1-2-18-12-14-20(15-13-18)30-23(16-19-8-4-3-5-9-19)28-29-25(30)32-17-24(31)27-22-11-7-6-10-21(22)26/h3-15H,2,16-17H2,1H3,(H,27,31). The van der Waals surface area contributed by atoms with Gasteiger partial charge in [-0.25, -0.2) is 4.39 Å². The molecule has 0 aliphatic carbocycles. The maximum atomic E-state index is 13.8. The van der Waals surface area contributed by atoms with E-state index in [2.05, 4.69) is 34.6 Å². The van der Waals surface area contributed by atoms with Crippen molar-refractivity contribution in [3.8, 4) is 5.69 Å². The number of aryl methyl sites for hydroxylation is 1. The number of para-hydroxylation sites is 1. The molecule has 5 nitrogen and oxygen atoms in total. The highest BCUT2D eigenvalue weighted by molar-refractivity contribution is 7.99. The van der Waals surface area contributed by atoms with Crippen LogP contribution in [0.5, 0.6) is 0 Å². The fourth-order valence-corrected chi connectivity index (χ4v) is 4.08. The van der Waals surface area contributed by atoms with Gasteiger partial charge in [-0.2, -0.15) is 0 Å². The van der Waals surface area contributed by atoms with E-state index in [4.69, 9.17) is 0 Å². The predicted molar refractivity (Wildman–Crippen MR) is 126 cm³/mol. The van der Waals surface area contributed by atoms with Gasteiger partial charge in [0, 0.05) is 12.1 Å². The van der Waals surface area contributed by atoms with E-state index in [9.17, 15) is 9.18 Å². The molecular formula is C25H23FN4OS. The van der Waals surface area contributed by atoms with E-state index in [1.165, 1.54) is 29.5 Å². The zero-order valence-electron chi connectivity index (χ0n) is 17.7. The third-order valence-electron chi connectivity index (χ3n) is 4.99. The molecule has 1 aromatic heterocycles. The number of rotatable bonds is 8. The molecule has 4 aromatic rings. The van der Waals surface area contributed by atoms with Gasteiger partial charge in [-0.15, -0.1) is 10.2 Å². The second-order valence-electron chi connectivity index (χ2n) is 7.23. The molecule has 0 atom stereocenters. The first-order valence-corrected chi connectivity index (χ1v) is 11.4. The van der Waals surface area contributed by atoms with Gasteiger partial charge in [0.25, 0.3) is 0 Å². The number of nitrogens with zero attached hydrogens (tertiary/aromatic N) is 3. The highest BCUT2D eigenvalue weighted by Gasteiger charge is 2.17. The van der Waals surface area contributed by atoms with Crippen LogP contribution in [-0.4, -0.2) is 26.4 Å². The molecule has 162 valence electrons. The van der Waals surface area contributed by atoms with Gasteiger partial charge in [-0.1, -0.05) is 73.3 Å². The summed E-state index contributed by atoms with van der Waals surface area (Å²) < 4.78 is 15.8. The Morgan fingerprint density at radius 2 is 1.66 bits per heavy atom. The van der Waals surface area contributed by atoms with E-state index in [-0.39, 0.29) is 17.3 Å². The monoisotopic (exact) mass is 446 g/mol. The van der Waals surface area contributed by atoms with Crippen LogP contribution in [-0.2, 0) is 17.6 Å². The first-order chi connectivity index (χ1) is 15.6. The molecule has 1 amide bonds. The number of aromatic nitrogens is 3. The summed E-state index contributed by atoms with van der Waals surface area (Å²) >= 11 is 1.27. The van der Waals surface area contributed by atoms with Crippen molar-refractivity contribution in [3.63, 3.8) is 0 Å². The van der Waals surface area contributed by atoms with Gasteiger partial charge >= 0.3 is 0 Å². The van der Waals surface area contributed by atoms with Crippen LogP contribution in [0.4, 0.5) is 10.1 Å².